The summed E-state index contributed by atoms with van der Waals surface area (Å²) in [6.45, 7) is 0. The standard InChI is InChI=1S/C14H18ClNO3S/c15-20(18,19)13-8-6-12(7-9-13)16-14(17)10-5-11-3-1-2-4-11/h6-9,11H,1-5,10H2,(H,16,17). The molecule has 1 aromatic rings. The molecule has 0 bridgehead atoms. The molecule has 1 aliphatic carbocycles. The van der Waals surface area contributed by atoms with Gasteiger partial charge in [0.2, 0.25) is 5.91 Å². The first-order valence-electron chi connectivity index (χ1n) is 6.80. The van der Waals surface area contributed by atoms with Crippen LogP contribution in [0.25, 0.3) is 0 Å². The molecule has 1 aliphatic rings. The van der Waals surface area contributed by atoms with Gasteiger partial charge in [0.25, 0.3) is 9.05 Å². The maximum Gasteiger partial charge on any atom is 0.261 e. The number of hydrogen-bond donors (Lipinski definition) is 1. The van der Waals surface area contributed by atoms with Crippen molar-refractivity contribution in [1.82, 2.24) is 0 Å². The Morgan fingerprint density at radius 2 is 1.80 bits per heavy atom. The fraction of sp³-hybridized carbons (Fsp3) is 0.500. The minimum atomic E-state index is -3.71. The summed E-state index contributed by atoms with van der Waals surface area (Å²) >= 11 is 0. The average Bonchev–Trinajstić information content (AvgIpc) is 2.89. The maximum absolute atomic E-state index is 11.8. The first kappa shape index (κ1) is 15.3. The Hall–Kier alpha value is -1.07. The molecule has 110 valence electrons. The number of benzene rings is 1. The fourth-order valence-electron chi connectivity index (χ4n) is 2.56. The molecular formula is C14H18ClNO3S. The third kappa shape index (κ3) is 4.49. The molecule has 1 N–H and O–H groups in total. The molecule has 0 atom stereocenters. The van der Waals surface area contributed by atoms with E-state index >= 15 is 0 Å². The van der Waals surface area contributed by atoms with E-state index in [9.17, 15) is 13.2 Å². The zero-order chi connectivity index (χ0) is 14.6. The second kappa shape index (κ2) is 6.59. The maximum atomic E-state index is 11.8. The van der Waals surface area contributed by atoms with E-state index in [0.29, 0.717) is 18.0 Å². The Balaban J connectivity index is 1.84. The predicted octanol–water partition coefficient (Wildman–Crippen LogP) is 3.52. The molecule has 0 unspecified atom stereocenters. The lowest BCUT2D eigenvalue weighted by Crippen LogP contribution is -2.12. The number of carbonyl (C=O) groups excluding carboxylic acids is 1. The van der Waals surface area contributed by atoms with E-state index in [-0.39, 0.29) is 10.8 Å². The monoisotopic (exact) mass is 315 g/mol. The normalized spacial score (nSPS) is 16.2. The lowest BCUT2D eigenvalue weighted by Gasteiger charge is -2.09. The van der Waals surface area contributed by atoms with Crippen LogP contribution >= 0.6 is 10.7 Å². The summed E-state index contributed by atoms with van der Waals surface area (Å²) in [5, 5.41) is 2.77. The van der Waals surface area contributed by atoms with Gasteiger partial charge in [-0.15, -0.1) is 0 Å². The highest BCUT2D eigenvalue weighted by Crippen LogP contribution is 2.28. The van der Waals surface area contributed by atoms with Crippen molar-refractivity contribution < 1.29 is 13.2 Å². The summed E-state index contributed by atoms with van der Waals surface area (Å²) in [5.41, 5.74) is 0.588. The predicted molar refractivity (Wildman–Crippen MR) is 79.3 cm³/mol. The SMILES string of the molecule is O=C(CCC1CCCC1)Nc1ccc(S(=O)(=O)Cl)cc1. The van der Waals surface area contributed by atoms with Crippen molar-refractivity contribution in [2.75, 3.05) is 5.32 Å². The Morgan fingerprint density at radius 1 is 1.20 bits per heavy atom. The molecule has 6 heteroatoms. The third-order valence-electron chi connectivity index (χ3n) is 3.67. The highest BCUT2D eigenvalue weighted by atomic mass is 35.7. The van der Waals surface area contributed by atoms with Gasteiger partial charge in [0.1, 0.15) is 0 Å². The van der Waals surface area contributed by atoms with E-state index in [1.54, 1.807) is 12.1 Å². The van der Waals surface area contributed by atoms with Gasteiger partial charge in [-0.2, -0.15) is 0 Å². The molecule has 0 saturated heterocycles. The van der Waals surface area contributed by atoms with Crippen molar-refractivity contribution in [2.24, 2.45) is 5.92 Å². The highest BCUT2D eigenvalue weighted by molar-refractivity contribution is 8.13. The number of halogens is 1. The molecule has 1 saturated carbocycles. The number of hydrogen-bond acceptors (Lipinski definition) is 3. The number of nitrogens with one attached hydrogen (secondary N) is 1. The molecule has 2 rings (SSSR count). The van der Waals surface area contributed by atoms with Gasteiger partial charge < -0.3 is 5.32 Å². The zero-order valence-electron chi connectivity index (χ0n) is 11.1. The van der Waals surface area contributed by atoms with Gasteiger partial charge in [0.05, 0.1) is 4.90 Å². The smallest absolute Gasteiger partial charge is 0.261 e. The topological polar surface area (TPSA) is 63.2 Å². The molecule has 0 radical (unpaired) electrons. The Labute approximate surface area is 123 Å². The molecule has 1 amide bonds. The van der Waals surface area contributed by atoms with Crippen LogP contribution in [0.5, 0.6) is 0 Å². The summed E-state index contributed by atoms with van der Waals surface area (Å²) in [5.74, 6) is 0.655. The molecule has 1 aromatic carbocycles. The van der Waals surface area contributed by atoms with Gasteiger partial charge in [-0.05, 0) is 36.6 Å². The van der Waals surface area contributed by atoms with Crippen molar-refractivity contribution in [3.8, 4) is 0 Å². The van der Waals surface area contributed by atoms with E-state index in [1.807, 2.05) is 0 Å². The van der Waals surface area contributed by atoms with Crippen LogP contribution in [0, 0.1) is 5.92 Å². The molecule has 1 fully saturated rings. The van der Waals surface area contributed by atoms with Crippen LogP contribution in [0.4, 0.5) is 5.69 Å². The van der Waals surface area contributed by atoms with E-state index < -0.39 is 9.05 Å². The van der Waals surface area contributed by atoms with Crippen LogP contribution in [0.1, 0.15) is 38.5 Å². The summed E-state index contributed by atoms with van der Waals surface area (Å²) in [7, 11) is 1.51. The lowest BCUT2D eigenvalue weighted by atomic mass is 10.0. The van der Waals surface area contributed by atoms with Gasteiger partial charge in [-0.1, -0.05) is 25.7 Å². The van der Waals surface area contributed by atoms with Crippen LogP contribution in [0.15, 0.2) is 29.2 Å². The van der Waals surface area contributed by atoms with Gasteiger partial charge >= 0.3 is 0 Å². The fourth-order valence-corrected chi connectivity index (χ4v) is 3.33. The largest absolute Gasteiger partial charge is 0.326 e. The average molecular weight is 316 g/mol. The third-order valence-corrected chi connectivity index (χ3v) is 5.04. The van der Waals surface area contributed by atoms with Gasteiger partial charge in [-0.3, -0.25) is 4.79 Å². The number of carbonyl (C=O) groups is 1. The van der Waals surface area contributed by atoms with Crippen LogP contribution in [-0.2, 0) is 13.8 Å². The molecule has 20 heavy (non-hydrogen) atoms. The van der Waals surface area contributed by atoms with Crippen molar-refractivity contribution in [1.29, 1.82) is 0 Å². The first-order valence-corrected chi connectivity index (χ1v) is 9.10. The first-order chi connectivity index (χ1) is 9.45. The molecule has 4 nitrogen and oxygen atoms in total. The Bertz CT molecular complexity index is 563. The van der Waals surface area contributed by atoms with E-state index in [1.165, 1.54) is 37.8 Å². The molecule has 0 aliphatic heterocycles. The van der Waals surface area contributed by atoms with E-state index in [4.69, 9.17) is 10.7 Å². The second-order valence-corrected chi connectivity index (χ2v) is 7.77. The summed E-state index contributed by atoms with van der Waals surface area (Å²) in [6.07, 6.45) is 6.46. The number of amides is 1. The molecule has 0 aromatic heterocycles. The van der Waals surface area contributed by atoms with Crippen LogP contribution < -0.4 is 5.32 Å². The second-order valence-electron chi connectivity index (χ2n) is 5.20. The lowest BCUT2D eigenvalue weighted by molar-refractivity contribution is -0.116. The van der Waals surface area contributed by atoms with E-state index in [2.05, 4.69) is 5.32 Å². The van der Waals surface area contributed by atoms with Gasteiger partial charge in [-0.25, -0.2) is 8.42 Å². The van der Waals surface area contributed by atoms with Gasteiger partial charge in [0.15, 0.2) is 0 Å². The van der Waals surface area contributed by atoms with Crippen LogP contribution in [0.3, 0.4) is 0 Å². The van der Waals surface area contributed by atoms with E-state index in [0.717, 1.165) is 6.42 Å². The molecule has 0 spiro atoms. The van der Waals surface area contributed by atoms with Crippen molar-refractivity contribution in [2.45, 2.75) is 43.4 Å². The summed E-state index contributed by atoms with van der Waals surface area (Å²) in [6, 6.07) is 5.86. The zero-order valence-corrected chi connectivity index (χ0v) is 12.7. The minimum absolute atomic E-state index is 0.0293. The summed E-state index contributed by atoms with van der Waals surface area (Å²) < 4.78 is 22.2. The Morgan fingerprint density at radius 3 is 2.35 bits per heavy atom. The van der Waals surface area contributed by atoms with Crippen LogP contribution in [-0.4, -0.2) is 14.3 Å². The molecular weight excluding hydrogens is 298 g/mol. The minimum Gasteiger partial charge on any atom is -0.326 e. The molecule has 0 heterocycles. The van der Waals surface area contributed by atoms with Crippen molar-refractivity contribution in [3.63, 3.8) is 0 Å². The van der Waals surface area contributed by atoms with Crippen molar-refractivity contribution >= 4 is 31.3 Å². The highest BCUT2D eigenvalue weighted by Gasteiger charge is 2.16. The van der Waals surface area contributed by atoms with Crippen LogP contribution in [0.2, 0.25) is 0 Å². The van der Waals surface area contributed by atoms with Gasteiger partial charge in [0, 0.05) is 22.8 Å². The quantitative estimate of drug-likeness (QED) is 0.845. The Kier molecular flexibility index (Phi) is 5.05. The number of rotatable bonds is 5. The number of anilines is 1. The summed E-state index contributed by atoms with van der Waals surface area (Å²) in [4.78, 5) is 11.8. The van der Waals surface area contributed by atoms with Crippen molar-refractivity contribution in [3.05, 3.63) is 24.3 Å².